The Morgan fingerprint density at radius 3 is 2.58 bits per heavy atom. The largest absolute Gasteiger partial charge is 0.433 e. The molecular weight excluding hydrogens is 195 g/mol. The molecule has 0 atom stereocenters. The zero-order chi connectivity index (χ0) is 9.19. The minimum atomic E-state index is -4.47. The Hall–Kier alpha value is -1.04. The van der Waals surface area contributed by atoms with Gasteiger partial charge in [-0.3, -0.25) is 4.84 Å². The van der Waals surface area contributed by atoms with Crippen molar-refractivity contribution < 1.29 is 13.2 Å². The van der Waals surface area contributed by atoms with Gasteiger partial charge in [-0.2, -0.15) is 13.2 Å². The molecule has 1 heterocycles. The van der Waals surface area contributed by atoms with Crippen LogP contribution in [0.3, 0.4) is 0 Å². The van der Waals surface area contributed by atoms with Crippen LogP contribution in [-0.2, 0) is 6.18 Å². The van der Waals surface area contributed by atoms with Crippen molar-refractivity contribution in [2.45, 2.75) is 6.18 Å². The predicted molar refractivity (Wildman–Crippen MR) is 36.5 cm³/mol. The van der Waals surface area contributed by atoms with Crippen molar-refractivity contribution in [2.24, 2.45) is 0 Å². The molecule has 0 aliphatic rings. The van der Waals surface area contributed by atoms with Crippen molar-refractivity contribution >= 4 is 17.7 Å². The van der Waals surface area contributed by atoms with Gasteiger partial charge in [0.2, 0.25) is 5.95 Å². The number of alkyl halides is 3. The van der Waals surface area contributed by atoms with E-state index in [9.17, 15) is 13.2 Å². The van der Waals surface area contributed by atoms with Gasteiger partial charge in [-0.05, 0) is 6.07 Å². The number of nitrogens with zero attached hydrogens (tertiary/aromatic N) is 2. The van der Waals surface area contributed by atoms with E-state index in [1.165, 1.54) is 0 Å². The third-order valence-corrected chi connectivity index (χ3v) is 1.20. The molecule has 0 unspecified atom stereocenters. The molecule has 0 fully saturated rings. The van der Waals surface area contributed by atoms with Gasteiger partial charge in [-0.25, -0.2) is 9.97 Å². The van der Waals surface area contributed by atoms with E-state index in [4.69, 9.17) is 11.8 Å². The van der Waals surface area contributed by atoms with E-state index in [-0.39, 0.29) is 5.95 Å². The first kappa shape index (κ1) is 9.05. The summed E-state index contributed by atoms with van der Waals surface area (Å²) in [5.41, 5.74) is -1.03. The minimum Gasteiger partial charge on any atom is -0.266 e. The quantitative estimate of drug-likeness (QED) is 0.701. The summed E-state index contributed by atoms with van der Waals surface area (Å²) in [4.78, 5) is 8.39. The fourth-order valence-electron chi connectivity index (χ4n) is 0.562. The van der Waals surface area contributed by atoms with E-state index in [1.807, 2.05) is 4.84 Å². The van der Waals surface area contributed by atoms with Gasteiger partial charge in [0, 0.05) is 18.0 Å². The molecule has 1 rings (SSSR count). The topological polar surface area (TPSA) is 37.8 Å². The average molecular weight is 198 g/mol. The summed E-state index contributed by atoms with van der Waals surface area (Å²) in [7, 11) is 0. The number of rotatable bonds is 1. The van der Waals surface area contributed by atoms with E-state index in [1.54, 1.807) is 0 Å². The lowest BCUT2D eigenvalue weighted by atomic mass is 10.4. The van der Waals surface area contributed by atoms with Gasteiger partial charge in [0.15, 0.2) is 0 Å². The SMILES string of the molecule is FC(F)(F)c1ccnc(NCl)n1. The summed E-state index contributed by atoms with van der Waals surface area (Å²) in [6.07, 6.45) is -3.49. The van der Waals surface area contributed by atoms with Gasteiger partial charge < -0.3 is 0 Å². The maximum atomic E-state index is 11.9. The van der Waals surface area contributed by atoms with Crippen LogP contribution in [0.2, 0.25) is 0 Å². The van der Waals surface area contributed by atoms with Crippen molar-refractivity contribution in [3.05, 3.63) is 18.0 Å². The first-order valence-electron chi connectivity index (χ1n) is 2.81. The highest BCUT2D eigenvalue weighted by Gasteiger charge is 2.32. The minimum absolute atomic E-state index is 0.272. The molecule has 0 radical (unpaired) electrons. The predicted octanol–water partition coefficient (Wildman–Crippen LogP) is 2.06. The summed E-state index contributed by atoms with van der Waals surface area (Å²) in [5, 5.41) is 0. The van der Waals surface area contributed by atoms with Crippen LogP contribution in [0.1, 0.15) is 5.69 Å². The van der Waals surface area contributed by atoms with Crippen molar-refractivity contribution in [1.82, 2.24) is 9.97 Å². The fraction of sp³-hybridized carbons (Fsp3) is 0.200. The Morgan fingerprint density at radius 1 is 1.42 bits per heavy atom. The van der Waals surface area contributed by atoms with E-state index >= 15 is 0 Å². The Kier molecular flexibility index (Phi) is 2.37. The molecule has 0 saturated carbocycles. The third kappa shape index (κ3) is 1.97. The molecule has 3 nitrogen and oxygen atoms in total. The van der Waals surface area contributed by atoms with Crippen LogP contribution in [0.4, 0.5) is 19.1 Å². The molecule has 0 amide bonds. The highest BCUT2D eigenvalue weighted by molar-refractivity contribution is 6.23. The lowest BCUT2D eigenvalue weighted by Gasteiger charge is -2.04. The molecule has 1 aromatic heterocycles. The van der Waals surface area contributed by atoms with Crippen LogP contribution in [0.5, 0.6) is 0 Å². The second-order valence-electron chi connectivity index (χ2n) is 1.86. The van der Waals surface area contributed by atoms with Crippen molar-refractivity contribution in [3.63, 3.8) is 0 Å². The number of nitrogens with one attached hydrogen (secondary N) is 1. The Morgan fingerprint density at radius 2 is 2.08 bits per heavy atom. The lowest BCUT2D eigenvalue weighted by molar-refractivity contribution is -0.141. The van der Waals surface area contributed by atoms with Gasteiger partial charge in [0.05, 0.1) is 0 Å². The molecule has 0 aliphatic heterocycles. The summed E-state index contributed by atoms with van der Waals surface area (Å²) in [6, 6.07) is 0.762. The number of hydrogen-bond donors (Lipinski definition) is 1. The molecule has 66 valence electrons. The van der Waals surface area contributed by atoms with Crippen molar-refractivity contribution in [1.29, 1.82) is 0 Å². The van der Waals surface area contributed by atoms with E-state index in [0.717, 1.165) is 12.3 Å². The molecular formula is C5H3ClF3N3. The van der Waals surface area contributed by atoms with E-state index in [0.29, 0.717) is 0 Å². The van der Waals surface area contributed by atoms with Gasteiger partial charge in [-0.15, -0.1) is 0 Å². The molecule has 0 spiro atoms. The maximum absolute atomic E-state index is 11.9. The third-order valence-electron chi connectivity index (χ3n) is 1.03. The van der Waals surface area contributed by atoms with E-state index in [2.05, 4.69) is 9.97 Å². The van der Waals surface area contributed by atoms with E-state index < -0.39 is 11.9 Å². The highest BCUT2D eigenvalue weighted by Crippen LogP contribution is 2.27. The van der Waals surface area contributed by atoms with Gasteiger partial charge in [0.1, 0.15) is 5.69 Å². The monoisotopic (exact) mass is 197 g/mol. The molecule has 0 aromatic carbocycles. The first-order valence-corrected chi connectivity index (χ1v) is 3.18. The summed E-state index contributed by atoms with van der Waals surface area (Å²) in [5.74, 6) is -0.272. The van der Waals surface area contributed by atoms with Crippen LogP contribution < -0.4 is 4.84 Å². The highest BCUT2D eigenvalue weighted by atomic mass is 35.5. The van der Waals surface area contributed by atoms with Crippen LogP contribution in [0.25, 0.3) is 0 Å². The smallest absolute Gasteiger partial charge is 0.266 e. The fourth-order valence-corrected chi connectivity index (χ4v) is 0.653. The van der Waals surface area contributed by atoms with Gasteiger partial charge in [0.25, 0.3) is 0 Å². The number of hydrogen-bond acceptors (Lipinski definition) is 3. The standard InChI is InChI=1S/C5H3ClF3N3/c6-12-4-10-2-1-3(11-4)5(7,8)9/h1-2H,(H,10,11,12). The molecule has 0 saturated heterocycles. The van der Waals surface area contributed by atoms with Crippen molar-refractivity contribution in [3.8, 4) is 0 Å². The number of halogens is 4. The van der Waals surface area contributed by atoms with Gasteiger partial charge >= 0.3 is 6.18 Å². The van der Waals surface area contributed by atoms with Gasteiger partial charge in [-0.1, -0.05) is 0 Å². The van der Waals surface area contributed by atoms with Crippen LogP contribution in [-0.4, -0.2) is 9.97 Å². The molecule has 1 aromatic rings. The summed E-state index contributed by atoms with van der Waals surface area (Å²) in [6.45, 7) is 0. The molecule has 0 bridgehead atoms. The zero-order valence-electron chi connectivity index (χ0n) is 5.56. The van der Waals surface area contributed by atoms with Crippen molar-refractivity contribution in [2.75, 3.05) is 4.84 Å². The Bertz CT molecular complexity index is 275. The first-order chi connectivity index (χ1) is 5.54. The molecule has 12 heavy (non-hydrogen) atoms. The second-order valence-corrected chi connectivity index (χ2v) is 2.05. The average Bonchev–Trinajstić information content (AvgIpc) is 2.03. The molecule has 7 heteroatoms. The second kappa shape index (κ2) is 3.14. The summed E-state index contributed by atoms with van der Waals surface area (Å²) < 4.78 is 35.8. The van der Waals surface area contributed by atoms with Crippen LogP contribution >= 0.6 is 11.8 Å². The Labute approximate surface area is 70.7 Å². The zero-order valence-corrected chi connectivity index (χ0v) is 6.32. The maximum Gasteiger partial charge on any atom is 0.433 e. The number of aromatic nitrogens is 2. The normalized spacial score (nSPS) is 11.3. The summed E-state index contributed by atoms with van der Waals surface area (Å²) >= 11 is 5.01. The van der Waals surface area contributed by atoms with Crippen LogP contribution in [0.15, 0.2) is 12.3 Å². The Balaban J connectivity index is 3.02. The molecule has 1 N–H and O–H groups in total. The van der Waals surface area contributed by atoms with Crippen LogP contribution in [0, 0.1) is 0 Å². The molecule has 0 aliphatic carbocycles. The number of anilines is 1. The lowest BCUT2D eigenvalue weighted by Crippen LogP contribution is -2.09.